The monoisotopic (exact) mass is 325 g/mol. The van der Waals surface area contributed by atoms with Gasteiger partial charge in [-0.3, -0.25) is 4.79 Å². The molecular weight excluding hydrogens is 298 g/mol. The molecule has 0 saturated carbocycles. The molecule has 21 heavy (non-hydrogen) atoms. The number of hydrogen-bond donors (Lipinski definition) is 1. The third-order valence-corrected chi connectivity index (χ3v) is 5.55. The molecule has 0 aliphatic heterocycles. The van der Waals surface area contributed by atoms with Gasteiger partial charge in [-0.2, -0.15) is 0 Å². The first kappa shape index (κ1) is 18.4. The minimum Gasteiger partial charge on any atom is -0.325 e. The summed E-state index contributed by atoms with van der Waals surface area (Å²) < 4.78 is 0.114. The van der Waals surface area contributed by atoms with Crippen LogP contribution in [0.4, 0.5) is 5.69 Å². The van der Waals surface area contributed by atoms with E-state index in [1.54, 1.807) is 11.8 Å². The van der Waals surface area contributed by atoms with Crippen molar-refractivity contribution in [2.75, 3.05) is 11.1 Å². The van der Waals surface area contributed by atoms with Crippen molar-refractivity contribution in [2.45, 2.75) is 62.9 Å². The van der Waals surface area contributed by atoms with E-state index in [-0.39, 0.29) is 10.7 Å². The Hall–Kier alpha value is -0.610. The summed E-state index contributed by atoms with van der Waals surface area (Å²) in [4.78, 5) is 13.3. The number of carbonyl (C=O) groups excluding carboxylic acids is 1. The van der Waals surface area contributed by atoms with Crippen LogP contribution in [0.2, 0.25) is 0 Å². The molecule has 2 nitrogen and oxygen atoms in total. The molecule has 1 N–H and O–H groups in total. The van der Waals surface area contributed by atoms with Crippen molar-refractivity contribution in [3.63, 3.8) is 0 Å². The maximum Gasteiger partial charge on any atom is 0.234 e. The van der Waals surface area contributed by atoms with Crippen LogP contribution in [-0.2, 0) is 4.79 Å². The summed E-state index contributed by atoms with van der Waals surface area (Å²) in [6.45, 7) is 12.9. The minimum absolute atomic E-state index is 0.0698. The molecule has 0 spiro atoms. The summed E-state index contributed by atoms with van der Waals surface area (Å²) in [5.74, 6) is 0.562. The van der Waals surface area contributed by atoms with Crippen LogP contribution in [0.5, 0.6) is 0 Å². The topological polar surface area (TPSA) is 29.1 Å². The van der Waals surface area contributed by atoms with Crippen molar-refractivity contribution in [2.24, 2.45) is 0 Å². The first-order chi connectivity index (χ1) is 9.71. The lowest BCUT2D eigenvalue weighted by atomic mass is 10.2. The Morgan fingerprint density at radius 3 is 2.52 bits per heavy atom. The Kier molecular flexibility index (Phi) is 7.14. The van der Waals surface area contributed by atoms with Crippen LogP contribution >= 0.6 is 23.5 Å². The van der Waals surface area contributed by atoms with Crippen LogP contribution in [-0.4, -0.2) is 21.7 Å². The number of anilines is 1. The molecule has 4 heteroatoms. The number of benzene rings is 1. The van der Waals surface area contributed by atoms with E-state index in [0.717, 1.165) is 17.7 Å². The molecule has 0 aliphatic rings. The molecule has 1 amide bonds. The highest BCUT2D eigenvalue weighted by Crippen LogP contribution is 2.29. The van der Waals surface area contributed by atoms with Gasteiger partial charge in [-0.05, 0) is 37.1 Å². The first-order valence-electron chi connectivity index (χ1n) is 7.42. The van der Waals surface area contributed by atoms with Crippen molar-refractivity contribution in [3.05, 3.63) is 23.8 Å². The zero-order valence-corrected chi connectivity index (χ0v) is 15.6. The molecule has 0 aromatic heterocycles. The second-order valence-corrected chi connectivity index (χ2v) is 9.58. The largest absolute Gasteiger partial charge is 0.325 e. The summed E-state index contributed by atoms with van der Waals surface area (Å²) in [5.41, 5.74) is 2.04. The second-order valence-electron chi connectivity index (χ2n) is 6.26. The Labute approximate surface area is 137 Å². The van der Waals surface area contributed by atoms with Gasteiger partial charge in [0, 0.05) is 20.6 Å². The van der Waals surface area contributed by atoms with Gasteiger partial charge in [0.15, 0.2) is 0 Å². The number of carbonyl (C=O) groups is 1. The quantitative estimate of drug-likeness (QED) is 0.714. The molecule has 0 saturated heterocycles. The summed E-state index contributed by atoms with van der Waals surface area (Å²) in [6.07, 6.45) is 1.16. The van der Waals surface area contributed by atoms with Crippen LogP contribution in [0, 0.1) is 6.92 Å². The van der Waals surface area contributed by atoms with E-state index in [1.165, 1.54) is 4.90 Å². The fraction of sp³-hybridized carbons (Fsp3) is 0.588. The zero-order chi connectivity index (χ0) is 16.0. The van der Waals surface area contributed by atoms with Crippen molar-refractivity contribution >= 4 is 35.1 Å². The van der Waals surface area contributed by atoms with Crippen LogP contribution in [0.25, 0.3) is 0 Å². The van der Waals surface area contributed by atoms with Gasteiger partial charge in [-0.15, -0.1) is 23.5 Å². The molecule has 0 heterocycles. The molecule has 0 fully saturated rings. The maximum atomic E-state index is 12.0. The average molecular weight is 326 g/mol. The Balaban J connectivity index is 2.62. The highest BCUT2D eigenvalue weighted by Gasteiger charge is 2.14. The van der Waals surface area contributed by atoms with Crippen LogP contribution in [0.15, 0.2) is 23.1 Å². The average Bonchev–Trinajstić information content (AvgIpc) is 2.38. The van der Waals surface area contributed by atoms with Crippen LogP contribution in [0.1, 0.15) is 46.6 Å². The normalized spacial score (nSPS) is 13.0. The number of rotatable bonds is 6. The van der Waals surface area contributed by atoms with E-state index in [9.17, 15) is 4.79 Å². The van der Waals surface area contributed by atoms with Gasteiger partial charge < -0.3 is 5.32 Å². The van der Waals surface area contributed by atoms with E-state index in [0.29, 0.717) is 11.0 Å². The Morgan fingerprint density at radius 1 is 1.33 bits per heavy atom. The van der Waals surface area contributed by atoms with E-state index in [1.807, 2.05) is 24.8 Å². The number of thioether (sulfide) groups is 2. The van der Waals surface area contributed by atoms with Gasteiger partial charge in [0.2, 0.25) is 5.91 Å². The maximum absolute atomic E-state index is 12.0. The van der Waals surface area contributed by atoms with Crippen molar-refractivity contribution < 1.29 is 4.79 Å². The Bertz CT molecular complexity index is 480. The number of amides is 1. The van der Waals surface area contributed by atoms with Gasteiger partial charge >= 0.3 is 0 Å². The van der Waals surface area contributed by atoms with E-state index >= 15 is 0 Å². The molecule has 1 unspecified atom stereocenters. The standard InChI is InChI=1S/C17H27NOS2/c1-7-13(3)21-14-8-9-15(12(2)10-14)18-16(19)11-20-17(4,5)6/h8-10,13H,7,11H2,1-6H3,(H,18,19). The lowest BCUT2D eigenvalue weighted by Crippen LogP contribution is -2.19. The minimum atomic E-state index is 0.0698. The third kappa shape index (κ3) is 7.28. The number of hydrogen-bond acceptors (Lipinski definition) is 3. The summed E-state index contributed by atoms with van der Waals surface area (Å²) in [5, 5.41) is 3.63. The second kappa shape index (κ2) is 8.14. The number of nitrogens with one attached hydrogen (secondary N) is 1. The van der Waals surface area contributed by atoms with Gasteiger partial charge in [-0.1, -0.05) is 34.6 Å². The molecule has 1 aromatic carbocycles. The lowest BCUT2D eigenvalue weighted by Gasteiger charge is -2.17. The lowest BCUT2D eigenvalue weighted by molar-refractivity contribution is -0.113. The summed E-state index contributed by atoms with van der Waals surface area (Å²) in [6, 6.07) is 6.26. The van der Waals surface area contributed by atoms with E-state index in [2.05, 4.69) is 52.1 Å². The fourth-order valence-electron chi connectivity index (χ4n) is 1.63. The molecule has 0 bridgehead atoms. The predicted octanol–water partition coefficient (Wildman–Crippen LogP) is 5.36. The van der Waals surface area contributed by atoms with Gasteiger partial charge in [0.1, 0.15) is 0 Å². The van der Waals surface area contributed by atoms with Crippen molar-refractivity contribution in [1.29, 1.82) is 0 Å². The fourth-order valence-corrected chi connectivity index (χ4v) is 3.29. The summed E-state index contributed by atoms with van der Waals surface area (Å²) in [7, 11) is 0. The highest BCUT2D eigenvalue weighted by molar-refractivity contribution is 8.01. The van der Waals surface area contributed by atoms with E-state index in [4.69, 9.17) is 0 Å². The van der Waals surface area contributed by atoms with E-state index < -0.39 is 0 Å². The SMILES string of the molecule is CCC(C)Sc1ccc(NC(=O)CSC(C)(C)C)c(C)c1. The third-order valence-electron chi connectivity index (χ3n) is 3.02. The van der Waals surface area contributed by atoms with Crippen molar-refractivity contribution in [3.8, 4) is 0 Å². The first-order valence-corrected chi connectivity index (χ1v) is 9.29. The smallest absolute Gasteiger partial charge is 0.234 e. The van der Waals surface area contributed by atoms with Crippen molar-refractivity contribution in [1.82, 2.24) is 0 Å². The highest BCUT2D eigenvalue weighted by atomic mass is 32.2. The van der Waals surface area contributed by atoms with Gasteiger partial charge in [-0.25, -0.2) is 0 Å². The molecule has 0 radical (unpaired) electrons. The number of aryl methyl sites for hydroxylation is 1. The summed E-state index contributed by atoms with van der Waals surface area (Å²) >= 11 is 3.55. The van der Waals surface area contributed by atoms with Crippen LogP contribution in [0.3, 0.4) is 0 Å². The molecule has 118 valence electrons. The zero-order valence-electron chi connectivity index (χ0n) is 13.9. The molecule has 1 atom stereocenters. The molecule has 1 rings (SSSR count). The molecule has 1 aromatic rings. The molecular formula is C17H27NOS2. The Morgan fingerprint density at radius 2 is 2.00 bits per heavy atom. The van der Waals surface area contributed by atoms with Gasteiger partial charge in [0.25, 0.3) is 0 Å². The van der Waals surface area contributed by atoms with Gasteiger partial charge in [0.05, 0.1) is 5.75 Å². The van der Waals surface area contributed by atoms with Crippen LogP contribution < -0.4 is 5.32 Å². The predicted molar refractivity (Wildman–Crippen MR) is 97.6 cm³/mol. The molecule has 0 aliphatic carbocycles.